The Morgan fingerprint density at radius 2 is 1.96 bits per heavy atom. The fourth-order valence-corrected chi connectivity index (χ4v) is 2.55. The summed E-state index contributed by atoms with van der Waals surface area (Å²) in [5.41, 5.74) is 1.49. The number of anilines is 1. The number of hydrogen-bond acceptors (Lipinski definition) is 4. The Labute approximate surface area is 154 Å². The van der Waals surface area contributed by atoms with Gasteiger partial charge in [-0.15, -0.1) is 0 Å². The van der Waals surface area contributed by atoms with Crippen molar-refractivity contribution in [1.29, 1.82) is 0 Å². The van der Waals surface area contributed by atoms with Crippen molar-refractivity contribution < 1.29 is 9.53 Å². The van der Waals surface area contributed by atoms with E-state index in [2.05, 4.69) is 15.4 Å². The van der Waals surface area contributed by atoms with Gasteiger partial charge in [0.2, 0.25) is 0 Å². The molecule has 1 N–H and O–H groups in total. The molecular formula is C17H14Cl2N4O2. The second-order valence-corrected chi connectivity index (χ2v) is 6.05. The predicted octanol–water partition coefficient (Wildman–Crippen LogP) is 3.98. The average molecular weight is 377 g/mol. The van der Waals surface area contributed by atoms with Crippen molar-refractivity contribution in [1.82, 2.24) is 14.8 Å². The van der Waals surface area contributed by atoms with Gasteiger partial charge in [-0.05, 0) is 49.4 Å². The van der Waals surface area contributed by atoms with E-state index in [0.717, 1.165) is 5.69 Å². The molecule has 0 fully saturated rings. The number of rotatable bonds is 5. The maximum Gasteiger partial charge on any atom is 0.265 e. The molecule has 1 unspecified atom stereocenters. The zero-order valence-corrected chi connectivity index (χ0v) is 14.7. The summed E-state index contributed by atoms with van der Waals surface area (Å²) in [5.74, 6) is 0.106. The number of nitrogens with zero attached hydrogens (tertiary/aromatic N) is 3. The normalized spacial score (nSPS) is 11.8. The van der Waals surface area contributed by atoms with Gasteiger partial charge in [-0.1, -0.05) is 23.2 Å². The zero-order valence-electron chi connectivity index (χ0n) is 13.2. The van der Waals surface area contributed by atoms with Gasteiger partial charge in [0.05, 0.1) is 10.7 Å². The number of halogens is 2. The van der Waals surface area contributed by atoms with Crippen LogP contribution < -0.4 is 10.1 Å². The third kappa shape index (κ3) is 4.29. The van der Waals surface area contributed by atoms with Crippen molar-refractivity contribution in [2.75, 3.05) is 5.32 Å². The van der Waals surface area contributed by atoms with Crippen LogP contribution in [0.3, 0.4) is 0 Å². The van der Waals surface area contributed by atoms with Gasteiger partial charge in [0, 0.05) is 10.7 Å². The number of aromatic nitrogens is 3. The molecule has 0 aliphatic heterocycles. The molecular weight excluding hydrogens is 363 g/mol. The lowest BCUT2D eigenvalue weighted by atomic mass is 10.2. The zero-order chi connectivity index (χ0) is 17.8. The lowest BCUT2D eigenvalue weighted by molar-refractivity contribution is -0.122. The number of nitrogens with one attached hydrogen (secondary N) is 1. The lowest BCUT2D eigenvalue weighted by Gasteiger charge is -2.16. The van der Waals surface area contributed by atoms with Crippen LogP contribution in [0.4, 0.5) is 5.69 Å². The first-order chi connectivity index (χ1) is 12.0. The fourth-order valence-electron chi connectivity index (χ4n) is 2.10. The number of carbonyl (C=O) groups is 1. The minimum Gasteiger partial charge on any atom is -0.479 e. The molecule has 6 nitrogen and oxygen atoms in total. The van der Waals surface area contributed by atoms with Crippen LogP contribution in [0.2, 0.25) is 10.0 Å². The molecule has 0 radical (unpaired) electrons. The maximum atomic E-state index is 12.3. The van der Waals surface area contributed by atoms with Crippen molar-refractivity contribution in [2.45, 2.75) is 13.0 Å². The van der Waals surface area contributed by atoms with Gasteiger partial charge >= 0.3 is 0 Å². The molecule has 0 saturated heterocycles. The lowest BCUT2D eigenvalue weighted by Crippen LogP contribution is -2.30. The SMILES string of the molecule is CC(Oc1ccc(Cl)cc1Cl)C(=O)Nc1ccc(-n2cncn2)cc1. The van der Waals surface area contributed by atoms with E-state index < -0.39 is 6.10 Å². The highest BCUT2D eigenvalue weighted by Gasteiger charge is 2.16. The highest BCUT2D eigenvalue weighted by molar-refractivity contribution is 6.35. The monoisotopic (exact) mass is 376 g/mol. The summed E-state index contributed by atoms with van der Waals surface area (Å²) in [7, 11) is 0. The molecule has 1 aromatic heterocycles. The van der Waals surface area contributed by atoms with Gasteiger partial charge in [0.1, 0.15) is 18.4 Å². The topological polar surface area (TPSA) is 69.0 Å². The van der Waals surface area contributed by atoms with E-state index in [4.69, 9.17) is 27.9 Å². The summed E-state index contributed by atoms with van der Waals surface area (Å²) in [4.78, 5) is 16.2. The highest BCUT2D eigenvalue weighted by Crippen LogP contribution is 2.28. The van der Waals surface area contributed by atoms with Crippen molar-refractivity contribution in [3.8, 4) is 11.4 Å². The van der Waals surface area contributed by atoms with Crippen LogP contribution >= 0.6 is 23.2 Å². The molecule has 3 rings (SSSR count). The Balaban J connectivity index is 1.63. The van der Waals surface area contributed by atoms with Gasteiger partial charge in [-0.2, -0.15) is 5.10 Å². The van der Waals surface area contributed by atoms with E-state index in [1.54, 1.807) is 48.3 Å². The van der Waals surface area contributed by atoms with E-state index in [1.165, 1.54) is 6.33 Å². The molecule has 1 amide bonds. The van der Waals surface area contributed by atoms with Crippen LogP contribution in [-0.2, 0) is 4.79 Å². The fraction of sp³-hybridized carbons (Fsp3) is 0.118. The molecule has 128 valence electrons. The van der Waals surface area contributed by atoms with Crippen LogP contribution in [0.25, 0.3) is 5.69 Å². The Morgan fingerprint density at radius 1 is 1.20 bits per heavy atom. The average Bonchev–Trinajstić information content (AvgIpc) is 3.12. The number of carbonyl (C=O) groups excluding carboxylic acids is 1. The van der Waals surface area contributed by atoms with Gasteiger partial charge in [-0.25, -0.2) is 9.67 Å². The summed E-state index contributed by atoms with van der Waals surface area (Å²) in [5, 5.41) is 7.68. The molecule has 1 atom stereocenters. The smallest absolute Gasteiger partial charge is 0.265 e. The molecule has 0 spiro atoms. The number of amides is 1. The van der Waals surface area contributed by atoms with Crippen LogP contribution in [0.15, 0.2) is 55.1 Å². The third-order valence-corrected chi connectivity index (χ3v) is 3.92. The first-order valence-electron chi connectivity index (χ1n) is 7.40. The summed E-state index contributed by atoms with van der Waals surface area (Å²) in [6.45, 7) is 1.64. The summed E-state index contributed by atoms with van der Waals surface area (Å²) < 4.78 is 7.22. The minimum atomic E-state index is -0.728. The predicted molar refractivity (Wildman–Crippen MR) is 96.5 cm³/mol. The first-order valence-corrected chi connectivity index (χ1v) is 8.16. The van der Waals surface area contributed by atoms with E-state index >= 15 is 0 Å². The Morgan fingerprint density at radius 3 is 2.60 bits per heavy atom. The summed E-state index contributed by atoms with van der Waals surface area (Å²) in [6, 6.07) is 12.0. The second kappa shape index (κ2) is 7.55. The summed E-state index contributed by atoms with van der Waals surface area (Å²) >= 11 is 11.9. The van der Waals surface area contributed by atoms with Crippen molar-refractivity contribution >= 4 is 34.8 Å². The molecule has 2 aromatic carbocycles. The van der Waals surface area contributed by atoms with Crippen molar-refractivity contribution in [3.63, 3.8) is 0 Å². The van der Waals surface area contributed by atoms with E-state index in [9.17, 15) is 4.79 Å². The molecule has 25 heavy (non-hydrogen) atoms. The molecule has 0 saturated carbocycles. The van der Waals surface area contributed by atoms with Crippen LogP contribution in [0, 0.1) is 0 Å². The molecule has 0 bridgehead atoms. The van der Waals surface area contributed by atoms with Crippen LogP contribution in [0.1, 0.15) is 6.92 Å². The molecule has 1 heterocycles. The number of benzene rings is 2. The second-order valence-electron chi connectivity index (χ2n) is 5.21. The molecule has 8 heteroatoms. The maximum absolute atomic E-state index is 12.3. The van der Waals surface area contributed by atoms with Gasteiger partial charge in [0.15, 0.2) is 6.10 Å². The third-order valence-electron chi connectivity index (χ3n) is 3.39. The van der Waals surface area contributed by atoms with Gasteiger partial charge in [0.25, 0.3) is 5.91 Å². The molecule has 3 aromatic rings. The van der Waals surface area contributed by atoms with Crippen LogP contribution in [0.5, 0.6) is 5.75 Å². The molecule has 0 aliphatic rings. The van der Waals surface area contributed by atoms with Gasteiger partial charge in [-0.3, -0.25) is 4.79 Å². The van der Waals surface area contributed by atoms with Crippen molar-refractivity contribution in [3.05, 3.63) is 65.2 Å². The number of ether oxygens (including phenoxy) is 1. The Kier molecular flexibility index (Phi) is 5.21. The largest absolute Gasteiger partial charge is 0.479 e. The van der Waals surface area contributed by atoms with E-state index in [-0.39, 0.29) is 5.91 Å². The minimum absolute atomic E-state index is 0.292. The Bertz CT molecular complexity index is 867. The quantitative estimate of drug-likeness (QED) is 0.730. The standard InChI is InChI=1S/C17H14Cl2N4O2/c1-11(25-16-7-2-12(18)8-15(16)19)17(24)22-13-3-5-14(6-4-13)23-10-20-9-21-23/h2-11H,1H3,(H,22,24). The first kappa shape index (κ1) is 17.3. The molecule has 0 aliphatic carbocycles. The van der Waals surface area contributed by atoms with E-state index in [1.807, 2.05) is 12.1 Å². The van der Waals surface area contributed by atoms with Crippen LogP contribution in [-0.4, -0.2) is 26.8 Å². The highest BCUT2D eigenvalue weighted by atomic mass is 35.5. The summed E-state index contributed by atoms with van der Waals surface area (Å²) in [6.07, 6.45) is 2.32. The van der Waals surface area contributed by atoms with Gasteiger partial charge < -0.3 is 10.1 Å². The van der Waals surface area contributed by atoms with E-state index in [0.29, 0.717) is 21.5 Å². The Hall–Kier alpha value is -2.57. The van der Waals surface area contributed by atoms with Crippen molar-refractivity contribution in [2.24, 2.45) is 0 Å². The number of hydrogen-bond donors (Lipinski definition) is 1.